The van der Waals surface area contributed by atoms with Gasteiger partial charge < -0.3 is 19.9 Å². The summed E-state index contributed by atoms with van der Waals surface area (Å²) in [4.78, 5) is 22.6. The number of rotatable bonds is 8. The minimum atomic E-state index is -1.03. The highest BCUT2D eigenvalue weighted by Crippen LogP contribution is 2.21. The number of aromatic nitrogens is 2. The maximum Gasteiger partial charge on any atom is 0.341 e. The summed E-state index contributed by atoms with van der Waals surface area (Å²) in [5.74, 6) is -0.198. The first kappa shape index (κ1) is 19.3. The molecule has 2 N–H and O–H groups in total. The number of carbonyl (C=O) groups is 2. The lowest BCUT2D eigenvalue weighted by atomic mass is 10.1. The van der Waals surface area contributed by atoms with E-state index in [1.54, 1.807) is 28.9 Å². The predicted octanol–water partition coefficient (Wildman–Crippen LogP) is 1.76. The average molecular weight is 361 g/mol. The number of amides is 1. The molecule has 0 fully saturated rings. The van der Waals surface area contributed by atoms with Gasteiger partial charge in [0.25, 0.3) is 5.91 Å². The van der Waals surface area contributed by atoms with Crippen molar-refractivity contribution in [1.82, 2.24) is 15.1 Å². The van der Waals surface area contributed by atoms with E-state index in [0.29, 0.717) is 11.5 Å². The minimum absolute atomic E-state index is 0.0997. The Morgan fingerprint density at radius 1 is 1.19 bits per heavy atom. The van der Waals surface area contributed by atoms with E-state index < -0.39 is 12.6 Å². The zero-order valence-corrected chi connectivity index (χ0v) is 15.3. The first-order valence-corrected chi connectivity index (χ1v) is 8.15. The molecular formula is C18H23N3O5. The Kier molecular flexibility index (Phi) is 6.21. The van der Waals surface area contributed by atoms with Crippen LogP contribution in [0.4, 0.5) is 0 Å². The summed E-state index contributed by atoms with van der Waals surface area (Å²) in [5.41, 5.74) is 2.47. The summed E-state index contributed by atoms with van der Waals surface area (Å²) < 4.78 is 12.4. The fourth-order valence-electron chi connectivity index (χ4n) is 2.47. The zero-order valence-electron chi connectivity index (χ0n) is 15.3. The number of carboxylic acid groups (broad SMARTS) is 1. The second kappa shape index (κ2) is 8.37. The molecule has 1 heterocycles. The molecule has 8 heteroatoms. The van der Waals surface area contributed by atoms with E-state index >= 15 is 0 Å². The number of ether oxygens (including phenoxy) is 2. The summed E-state index contributed by atoms with van der Waals surface area (Å²) in [6.45, 7) is 5.07. The van der Waals surface area contributed by atoms with Crippen molar-refractivity contribution >= 4 is 11.9 Å². The van der Waals surface area contributed by atoms with Crippen LogP contribution in [0.3, 0.4) is 0 Å². The van der Waals surface area contributed by atoms with Gasteiger partial charge in [0.2, 0.25) is 0 Å². The molecule has 0 aliphatic rings. The third-order valence-corrected chi connectivity index (χ3v) is 3.91. The molecule has 1 amide bonds. The van der Waals surface area contributed by atoms with Gasteiger partial charge in [0.1, 0.15) is 11.4 Å². The number of nitrogens with one attached hydrogen (secondary N) is 1. The Labute approximate surface area is 151 Å². The van der Waals surface area contributed by atoms with Gasteiger partial charge in [-0.1, -0.05) is 12.1 Å². The number of aliphatic carboxylic acids is 1. The fourth-order valence-corrected chi connectivity index (χ4v) is 2.47. The van der Waals surface area contributed by atoms with Gasteiger partial charge in [-0.15, -0.1) is 0 Å². The number of hydrogen-bond acceptors (Lipinski definition) is 5. The molecule has 0 saturated carbocycles. The molecule has 26 heavy (non-hydrogen) atoms. The minimum Gasteiger partial charge on any atom is -0.482 e. The Hall–Kier alpha value is -3.03. The number of carboxylic acids is 1. The van der Waals surface area contributed by atoms with Crippen LogP contribution in [-0.2, 0) is 16.6 Å². The highest BCUT2D eigenvalue weighted by atomic mass is 16.5. The fraction of sp³-hybridized carbons (Fsp3) is 0.389. The third kappa shape index (κ3) is 4.98. The van der Waals surface area contributed by atoms with Crippen LogP contribution in [0.25, 0.3) is 0 Å². The van der Waals surface area contributed by atoms with Gasteiger partial charge in [-0.3, -0.25) is 9.48 Å². The Bertz CT molecular complexity index is 783. The van der Waals surface area contributed by atoms with Crippen molar-refractivity contribution in [2.24, 2.45) is 7.05 Å². The normalized spacial score (nSPS) is 11.7. The monoisotopic (exact) mass is 361 g/mol. The van der Waals surface area contributed by atoms with Gasteiger partial charge in [-0.05, 0) is 38.5 Å². The quantitative estimate of drug-likeness (QED) is 0.743. The molecule has 1 aromatic carbocycles. The van der Waals surface area contributed by atoms with Crippen molar-refractivity contribution in [3.8, 4) is 11.5 Å². The van der Waals surface area contributed by atoms with Gasteiger partial charge in [0.05, 0.1) is 11.7 Å². The van der Waals surface area contributed by atoms with Crippen LogP contribution in [0.15, 0.2) is 24.3 Å². The molecule has 0 aliphatic carbocycles. The molecule has 1 unspecified atom stereocenters. The molecule has 0 saturated heterocycles. The van der Waals surface area contributed by atoms with Gasteiger partial charge in [0.15, 0.2) is 19.0 Å². The maximum absolute atomic E-state index is 12.1. The Morgan fingerprint density at radius 2 is 1.85 bits per heavy atom. The van der Waals surface area contributed by atoms with Gasteiger partial charge in [-0.25, -0.2) is 4.79 Å². The van der Waals surface area contributed by atoms with Crippen LogP contribution >= 0.6 is 0 Å². The second-order valence-electron chi connectivity index (χ2n) is 5.95. The van der Waals surface area contributed by atoms with Crippen LogP contribution in [-0.4, -0.2) is 40.0 Å². The largest absolute Gasteiger partial charge is 0.482 e. The van der Waals surface area contributed by atoms with Crippen molar-refractivity contribution < 1.29 is 24.2 Å². The Balaban J connectivity index is 1.87. The molecule has 2 rings (SSSR count). The second-order valence-corrected chi connectivity index (χ2v) is 5.95. The lowest BCUT2D eigenvalue weighted by Gasteiger charge is -2.15. The average Bonchev–Trinajstić information content (AvgIpc) is 2.83. The molecule has 1 atom stereocenters. The van der Waals surface area contributed by atoms with E-state index in [-0.39, 0.29) is 18.6 Å². The molecule has 0 bridgehead atoms. The van der Waals surface area contributed by atoms with E-state index in [0.717, 1.165) is 17.0 Å². The predicted molar refractivity (Wildman–Crippen MR) is 94.3 cm³/mol. The number of benzene rings is 1. The first-order valence-electron chi connectivity index (χ1n) is 8.15. The lowest BCUT2D eigenvalue weighted by molar-refractivity contribution is -0.139. The summed E-state index contributed by atoms with van der Waals surface area (Å²) in [7, 11) is 1.82. The van der Waals surface area contributed by atoms with Crippen molar-refractivity contribution in [2.75, 3.05) is 13.2 Å². The zero-order chi connectivity index (χ0) is 19.3. The molecule has 1 aromatic heterocycles. The van der Waals surface area contributed by atoms with E-state index in [1.165, 1.54) is 0 Å². The maximum atomic E-state index is 12.1. The third-order valence-electron chi connectivity index (χ3n) is 3.91. The van der Waals surface area contributed by atoms with Crippen molar-refractivity contribution in [3.05, 3.63) is 41.2 Å². The topological polar surface area (TPSA) is 103 Å². The number of carbonyl (C=O) groups excluding carboxylic acids is 1. The summed E-state index contributed by atoms with van der Waals surface area (Å²) in [6, 6.07) is 6.66. The van der Waals surface area contributed by atoms with E-state index in [2.05, 4.69) is 10.4 Å². The van der Waals surface area contributed by atoms with Gasteiger partial charge in [0, 0.05) is 7.05 Å². The SMILES string of the molecule is Cc1nn(C)c(C)c1OCC(=O)NC(C)c1ccc(OCC(=O)O)cc1. The van der Waals surface area contributed by atoms with Crippen LogP contribution in [0, 0.1) is 13.8 Å². The number of nitrogens with zero attached hydrogens (tertiary/aromatic N) is 2. The van der Waals surface area contributed by atoms with Gasteiger partial charge in [-0.2, -0.15) is 5.10 Å². The van der Waals surface area contributed by atoms with E-state index in [9.17, 15) is 9.59 Å². The highest BCUT2D eigenvalue weighted by Gasteiger charge is 2.14. The summed E-state index contributed by atoms with van der Waals surface area (Å²) >= 11 is 0. The summed E-state index contributed by atoms with van der Waals surface area (Å²) in [5, 5.41) is 15.7. The van der Waals surface area contributed by atoms with Crippen molar-refractivity contribution in [1.29, 1.82) is 0 Å². The van der Waals surface area contributed by atoms with Crippen LogP contribution in [0.2, 0.25) is 0 Å². The molecule has 0 aliphatic heterocycles. The number of hydrogen-bond donors (Lipinski definition) is 2. The molecule has 8 nitrogen and oxygen atoms in total. The molecule has 0 radical (unpaired) electrons. The number of aryl methyl sites for hydroxylation is 2. The molecule has 0 spiro atoms. The standard InChI is InChI=1S/C18H23N3O5/c1-11(14-5-7-15(8-6-14)25-10-17(23)24)19-16(22)9-26-18-12(2)20-21(4)13(18)3/h5-8,11H,9-10H2,1-4H3,(H,19,22)(H,23,24). The van der Waals surface area contributed by atoms with Crippen LogP contribution in [0.5, 0.6) is 11.5 Å². The molecule has 2 aromatic rings. The van der Waals surface area contributed by atoms with E-state index in [1.807, 2.05) is 27.8 Å². The summed E-state index contributed by atoms with van der Waals surface area (Å²) in [6.07, 6.45) is 0. The van der Waals surface area contributed by atoms with Gasteiger partial charge >= 0.3 is 5.97 Å². The first-order chi connectivity index (χ1) is 12.3. The highest BCUT2D eigenvalue weighted by molar-refractivity contribution is 5.78. The van der Waals surface area contributed by atoms with Crippen molar-refractivity contribution in [3.63, 3.8) is 0 Å². The van der Waals surface area contributed by atoms with Crippen LogP contribution in [0.1, 0.15) is 29.9 Å². The van der Waals surface area contributed by atoms with E-state index in [4.69, 9.17) is 14.6 Å². The van der Waals surface area contributed by atoms with Crippen molar-refractivity contribution in [2.45, 2.75) is 26.8 Å². The smallest absolute Gasteiger partial charge is 0.341 e. The molecule has 140 valence electrons. The Morgan fingerprint density at radius 3 is 2.38 bits per heavy atom. The molecular weight excluding hydrogens is 338 g/mol. The van der Waals surface area contributed by atoms with Crippen LogP contribution < -0.4 is 14.8 Å². The lowest BCUT2D eigenvalue weighted by Crippen LogP contribution is -2.31.